The number of nitrogens with one attached hydrogen (secondary N) is 1. The number of carbonyl (C=O) groups excluding carboxylic acids is 2. The van der Waals surface area contributed by atoms with Gasteiger partial charge >= 0.3 is 5.97 Å². The lowest BCUT2D eigenvalue weighted by Crippen LogP contribution is -2.26. The molecule has 0 saturated heterocycles. The van der Waals surface area contributed by atoms with Gasteiger partial charge in [0.2, 0.25) is 0 Å². The van der Waals surface area contributed by atoms with Crippen molar-refractivity contribution in [3.05, 3.63) is 34.4 Å². The van der Waals surface area contributed by atoms with Gasteiger partial charge in [-0.15, -0.1) is 23.2 Å². The van der Waals surface area contributed by atoms with Gasteiger partial charge in [-0.25, -0.2) is 0 Å². The molecule has 0 bridgehead atoms. The molecule has 1 aliphatic carbocycles. The Morgan fingerprint density at radius 2 is 2.09 bits per heavy atom. The highest BCUT2D eigenvalue weighted by atomic mass is 35.5. The first-order valence-electron chi connectivity index (χ1n) is 6.25. The Kier molecular flexibility index (Phi) is 4.30. The van der Waals surface area contributed by atoms with E-state index in [9.17, 15) is 19.7 Å². The standard InChI is InChI=1S/C13H12Cl2N2O5/c1-12(7-13(12,14)15)11(19)22-6-10(18)16-8-3-2-4-9(5-8)17(20)21/h2-5H,6-7H2,1H3,(H,16,18)/t12-/m1/s1. The van der Waals surface area contributed by atoms with Crippen molar-refractivity contribution in [2.24, 2.45) is 5.41 Å². The molecule has 1 fully saturated rings. The number of benzene rings is 1. The number of anilines is 1. The second kappa shape index (κ2) is 5.73. The lowest BCUT2D eigenvalue weighted by atomic mass is 10.1. The third-order valence-electron chi connectivity index (χ3n) is 3.38. The van der Waals surface area contributed by atoms with Gasteiger partial charge in [0.1, 0.15) is 9.75 Å². The summed E-state index contributed by atoms with van der Waals surface area (Å²) in [6.45, 7) is 1.02. The molecule has 0 unspecified atom stereocenters. The van der Waals surface area contributed by atoms with Crippen molar-refractivity contribution in [2.45, 2.75) is 17.7 Å². The maximum absolute atomic E-state index is 11.8. The smallest absolute Gasteiger partial charge is 0.315 e. The minimum Gasteiger partial charge on any atom is -0.455 e. The summed E-state index contributed by atoms with van der Waals surface area (Å²) < 4.78 is 3.70. The number of rotatable bonds is 5. The Balaban J connectivity index is 1.88. The number of ether oxygens (including phenoxy) is 1. The van der Waals surface area contributed by atoms with E-state index in [-0.39, 0.29) is 17.8 Å². The second-order valence-corrected chi connectivity index (χ2v) is 6.63. The molecule has 7 nitrogen and oxygen atoms in total. The normalized spacial score (nSPS) is 21.8. The number of amides is 1. The lowest BCUT2D eigenvalue weighted by Gasteiger charge is -2.11. The van der Waals surface area contributed by atoms with Crippen LogP contribution in [0.5, 0.6) is 0 Å². The number of alkyl halides is 2. The fraction of sp³-hybridized carbons (Fsp3) is 0.385. The average molecular weight is 347 g/mol. The number of nitrogens with zero attached hydrogens (tertiary/aromatic N) is 1. The molecule has 22 heavy (non-hydrogen) atoms. The molecule has 1 N–H and O–H groups in total. The van der Waals surface area contributed by atoms with Crippen LogP contribution in [0.25, 0.3) is 0 Å². The third kappa shape index (κ3) is 3.31. The van der Waals surface area contributed by atoms with Crippen LogP contribution < -0.4 is 5.32 Å². The second-order valence-electron chi connectivity index (χ2n) is 5.15. The number of hydrogen-bond acceptors (Lipinski definition) is 5. The Labute approximate surface area is 135 Å². The van der Waals surface area contributed by atoms with Crippen LogP contribution in [-0.4, -0.2) is 27.7 Å². The van der Waals surface area contributed by atoms with Gasteiger partial charge in [0.05, 0.1) is 4.92 Å². The topological polar surface area (TPSA) is 98.5 Å². The highest BCUT2D eigenvalue weighted by Gasteiger charge is 2.69. The molecule has 0 radical (unpaired) electrons. The summed E-state index contributed by atoms with van der Waals surface area (Å²) in [5.74, 6) is -1.28. The molecule has 1 saturated carbocycles. The van der Waals surface area contributed by atoms with Gasteiger partial charge in [0.25, 0.3) is 11.6 Å². The summed E-state index contributed by atoms with van der Waals surface area (Å²) in [5, 5.41) is 13.0. The predicted molar refractivity (Wildman–Crippen MR) is 79.8 cm³/mol. The number of hydrogen-bond donors (Lipinski definition) is 1. The van der Waals surface area contributed by atoms with E-state index in [0.717, 1.165) is 0 Å². The summed E-state index contributed by atoms with van der Waals surface area (Å²) in [7, 11) is 0. The van der Waals surface area contributed by atoms with Crippen LogP contribution in [0, 0.1) is 15.5 Å². The monoisotopic (exact) mass is 346 g/mol. The highest BCUT2D eigenvalue weighted by molar-refractivity contribution is 6.53. The first-order valence-corrected chi connectivity index (χ1v) is 7.01. The summed E-state index contributed by atoms with van der Waals surface area (Å²) in [5.41, 5.74) is -0.937. The fourth-order valence-electron chi connectivity index (χ4n) is 1.81. The van der Waals surface area contributed by atoms with Crippen LogP contribution in [0.1, 0.15) is 13.3 Å². The van der Waals surface area contributed by atoms with Gasteiger partial charge in [0, 0.05) is 24.2 Å². The van der Waals surface area contributed by atoms with E-state index >= 15 is 0 Å². The predicted octanol–water partition coefficient (Wildman–Crippen LogP) is 2.66. The quantitative estimate of drug-likeness (QED) is 0.382. The van der Waals surface area contributed by atoms with Crippen molar-refractivity contribution in [1.82, 2.24) is 0 Å². The zero-order chi connectivity index (χ0) is 16.5. The Morgan fingerprint density at radius 1 is 1.45 bits per heavy atom. The summed E-state index contributed by atoms with van der Waals surface area (Å²) in [6, 6.07) is 5.41. The number of nitro groups is 1. The number of nitro benzene ring substituents is 1. The van der Waals surface area contributed by atoms with Gasteiger partial charge < -0.3 is 10.1 Å². The molecule has 0 heterocycles. The molecule has 0 aliphatic heterocycles. The maximum atomic E-state index is 11.8. The van der Waals surface area contributed by atoms with Gasteiger partial charge in [-0.3, -0.25) is 19.7 Å². The highest BCUT2D eigenvalue weighted by Crippen LogP contribution is 2.64. The van der Waals surface area contributed by atoms with Crippen molar-refractivity contribution in [1.29, 1.82) is 0 Å². The minimum absolute atomic E-state index is 0.158. The number of non-ortho nitro benzene ring substituents is 1. The third-order valence-corrected chi connectivity index (χ3v) is 4.48. The van der Waals surface area contributed by atoms with Crippen molar-refractivity contribution in [3.8, 4) is 0 Å². The average Bonchev–Trinajstić information content (AvgIpc) is 2.96. The van der Waals surface area contributed by atoms with Gasteiger partial charge in [0.15, 0.2) is 6.61 Å². The Hall–Kier alpha value is -1.86. The van der Waals surface area contributed by atoms with Crippen LogP contribution in [0.4, 0.5) is 11.4 Å². The number of halogens is 2. The minimum atomic E-state index is -1.17. The summed E-state index contributed by atoms with van der Waals surface area (Å²) >= 11 is 11.7. The number of carbonyl (C=O) groups is 2. The molecule has 1 aliphatic rings. The molecule has 0 spiro atoms. The molecule has 118 valence electrons. The zero-order valence-electron chi connectivity index (χ0n) is 11.5. The van der Waals surface area contributed by atoms with Crippen LogP contribution in [0.15, 0.2) is 24.3 Å². The van der Waals surface area contributed by atoms with Gasteiger partial charge in [-0.1, -0.05) is 6.07 Å². The molecule has 2 rings (SSSR count). The molecule has 1 atom stereocenters. The molecule has 1 aromatic rings. The first kappa shape index (κ1) is 16.5. The van der Waals surface area contributed by atoms with Crippen LogP contribution in [0.2, 0.25) is 0 Å². The number of esters is 1. The van der Waals surface area contributed by atoms with Gasteiger partial charge in [-0.05, 0) is 13.0 Å². The molecular weight excluding hydrogens is 335 g/mol. The first-order chi connectivity index (χ1) is 10.2. The van der Waals surface area contributed by atoms with E-state index in [2.05, 4.69) is 5.32 Å². The summed E-state index contributed by atoms with van der Waals surface area (Å²) in [4.78, 5) is 33.5. The summed E-state index contributed by atoms with van der Waals surface area (Å²) in [6.07, 6.45) is 0.258. The Morgan fingerprint density at radius 3 is 2.64 bits per heavy atom. The van der Waals surface area contributed by atoms with E-state index in [1.165, 1.54) is 24.3 Å². The largest absolute Gasteiger partial charge is 0.455 e. The fourth-order valence-corrected chi connectivity index (χ4v) is 2.49. The molecule has 1 aromatic carbocycles. The molecule has 1 amide bonds. The lowest BCUT2D eigenvalue weighted by molar-refractivity contribution is -0.384. The SMILES string of the molecule is C[C@]1(C(=O)OCC(=O)Nc2cccc([N+](=O)[O-])c2)CC1(Cl)Cl. The van der Waals surface area contributed by atoms with Crippen LogP contribution in [0.3, 0.4) is 0 Å². The van der Waals surface area contributed by atoms with E-state index in [1.54, 1.807) is 6.92 Å². The van der Waals surface area contributed by atoms with E-state index in [4.69, 9.17) is 27.9 Å². The Bertz CT molecular complexity index is 649. The molecule has 0 aromatic heterocycles. The van der Waals surface area contributed by atoms with E-state index in [0.29, 0.717) is 0 Å². The van der Waals surface area contributed by atoms with Crippen LogP contribution in [-0.2, 0) is 14.3 Å². The zero-order valence-corrected chi connectivity index (χ0v) is 13.0. The van der Waals surface area contributed by atoms with E-state index in [1.807, 2.05) is 0 Å². The molecule has 9 heteroatoms. The van der Waals surface area contributed by atoms with E-state index < -0.39 is 33.2 Å². The molecular formula is C13H12Cl2N2O5. The van der Waals surface area contributed by atoms with Crippen molar-refractivity contribution in [2.75, 3.05) is 11.9 Å². The van der Waals surface area contributed by atoms with Crippen molar-refractivity contribution < 1.29 is 19.2 Å². The van der Waals surface area contributed by atoms with Crippen LogP contribution >= 0.6 is 23.2 Å². The van der Waals surface area contributed by atoms with Crippen molar-refractivity contribution in [3.63, 3.8) is 0 Å². The maximum Gasteiger partial charge on any atom is 0.315 e. The van der Waals surface area contributed by atoms with Gasteiger partial charge in [-0.2, -0.15) is 0 Å². The van der Waals surface area contributed by atoms with Crippen molar-refractivity contribution >= 4 is 46.5 Å².